The summed E-state index contributed by atoms with van der Waals surface area (Å²) in [6, 6.07) is 16.4. The van der Waals surface area contributed by atoms with E-state index in [-0.39, 0.29) is 24.0 Å². The SMILES string of the molecule is CCC1(c2ccc(NC(=O)CS(=O)(=O)CCCc3ccccc3)cc2)CCC(=O)NC1=O. The van der Waals surface area contributed by atoms with Gasteiger partial charge in [0.15, 0.2) is 9.84 Å². The summed E-state index contributed by atoms with van der Waals surface area (Å²) in [5.74, 6) is -1.81. The van der Waals surface area contributed by atoms with Gasteiger partial charge < -0.3 is 5.32 Å². The highest BCUT2D eigenvalue weighted by atomic mass is 32.2. The zero-order valence-corrected chi connectivity index (χ0v) is 18.9. The second-order valence-corrected chi connectivity index (χ2v) is 10.3. The average molecular weight is 457 g/mol. The minimum atomic E-state index is -3.52. The minimum Gasteiger partial charge on any atom is -0.325 e. The molecule has 0 spiro atoms. The fourth-order valence-electron chi connectivity index (χ4n) is 4.05. The van der Waals surface area contributed by atoms with Gasteiger partial charge in [0.2, 0.25) is 17.7 Å². The lowest BCUT2D eigenvalue weighted by molar-refractivity contribution is -0.138. The van der Waals surface area contributed by atoms with E-state index in [1.165, 1.54) is 0 Å². The summed E-state index contributed by atoms with van der Waals surface area (Å²) in [5.41, 5.74) is 1.50. The first-order valence-corrected chi connectivity index (χ1v) is 12.6. The lowest BCUT2D eigenvalue weighted by Crippen LogP contribution is -2.51. The van der Waals surface area contributed by atoms with Crippen molar-refractivity contribution in [3.63, 3.8) is 0 Å². The van der Waals surface area contributed by atoms with Crippen LogP contribution in [0.4, 0.5) is 5.69 Å². The Bertz CT molecular complexity index is 1080. The number of rotatable bonds is 9. The Kier molecular flexibility index (Phi) is 7.45. The third-order valence-corrected chi connectivity index (χ3v) is 7.52. The van der Waals surface area contributed by atoms with Crippen LogP contribution in [-0.4, -0.2) is 37.6 Å². The standard InChI is InChI=1S/C24H28N2O5S/c1-2-24(15-14-21(27)26-23(24)29)19-10-12-20(13-11-19)25-22(28)17-32(30,31)16-6-9-18-7-4-3-5-8-18/h3-5,7-8,10-13H,2,6,9,14-17H2,1H3,(H,25,28)(H,26,27,29). The highest BCUT2D eigenvalue weighted by Gasteiger charge is 2.42. The van der Waals surface area contributed by atoms with E-state index >= 15 is 0 Å². The monoisotopic (exact) mass is 456 g/mol. The summed E-state index contributed by atoms with van der Waals surface area (Å²) in [7, 11) is -3.52. The molecule has 0 saturated carbocycles. The number of carbonyl (C=O) groups excluding carboxylic acids is 3. The van der Waals surface area contributed by atoms with Gasteiger partial charge in [-0.1, -0.05) is 49.4 Å². The van der Waals surface area contributed by atoms with Crippen molar-refractivity contribution in [1.29, 1.82) is 0 Å². The zero-order chi connectivity index (χ0) is 23.2. The first kappa shape index (κ1) is 23.7. The fraction of sp³-hybridized carbons (Fsp3) is 0.375. The molecule has 2 N–H and O–H groups in total. The maximum absolute atomic E-state index is 12.5. The third kappa shape index (κ3) is 5.82. The highest BCUT2D eigenvalue weighted by molar-refractivity contribution is 7.92. The van der Waals surface area contributed by atoms with Gasteiger partial charge in [0.1, 0.15) is 5.75 Å². The molecule has 32 heavy (non-hydrogen) atoms. The number of piperidine rings is 1. The molecule has 2 aromatic rings. The molecule has 0 aromatic heterocycles. The van der Waals surface area contributed by atoms with Crippen LogP contribution in [0.2, 0.25) is 0 Å². The molecule has 1 aliphatic rings. The van der Waals surface area contributed by atoms with Crippen LogP contribution in [0.25, 0.3) is 0 Å². The molecule has 0 aliphatic carbocycles. The Labute approximate surface area is 188 Å². The summed E-state index contributed by atoms with van der Waals surface area (Å²) in [6.45, 7) is 1.90. The number of hydrogen-bond donors (Lipinski definition) is 2. The number of hydrogen-bond acceptors (Lipinski definition) is 5. The van der Waals surface area contributed by atoms with Gasteiger partial charge in [0, 0.05) is 12.1 Å². The predicted octanol–water partition coefficient (Wildman–Crippen LogP) is 2.76. The summed E-state index contributed by atoms with van der Waals surface area (Å²) in [6.07, 6.45) is 2.35. The molecule has 8 heteroatoms. The van der Waals surface area contributed by atoms with E-state index in [1.807, 2.05) is 37.3 Å². The number of aryl methyl sites for hydroxylation is 1. The van der Waals surface area contributed by atoms with Crippen molar-refractivity contribution in [1.82, 2.24) is 5.32 Å². The quantitative estimate of drug-likeness (QED) is 0.564. The highest BCUT2D eigenvalue weighted by Crippen LogP contribution is 2.36. The third-order valence-electron chi connectivity index (χ3n) is 5.91. The molecule has 2 aromatic carbocycles. The molecular weight excluding hydrogens is 428 g/mol. The molecule has 3 amide bonds. The molecule has 7 nitrogen and oxygen atoms in total. The average Bonchev–Trinajstić information content (AvgIpc) is 2.75. The van der Waals surface area contributed by atoms with Crippen LogP contribution in [0, 0.1) is 0 Å². The zero-order valence-electron chi connectivity index (χ0n) is 18.1. The number of amides is 3. The Morgan fingerprint density at radius 1 is 1.06 bits per heavy atom. The summed E-state index contributed by atoms with van der Waals surface area (Å²) in [5, 5.41) is 5.02. The van der Waals surface area contributed by atoms with Gasteiger partial charge >= 0.3 is 0 Å². The molecule has 0 radical (unpaired) electrons. The Balaban J connectivity index is 1.56. The Morgan fingerprint density at radius 3 is 2.38 bits per heavy atom. The van der Waals surface area contributed by atoms with Crippen molar-refractivity contribution in [2.75, 3.05) is 16.8 Å². The van der Waals surface area contributed by atoms with Crippen molar-refractivity contribution in [2.45, 2.75) is 44.4 Å². The van der Waals surface area contributed by atoms with Gasteiger partial charge in [-0.25, -0.2) is 8.42 Å². The van der Waals surface area contributed by atoms with Crippen LogP contribution in [0.15, 0.2) is 54.6 Å². The van der Waals surface area contributed by atoms with Gasteiger partial charge in [0.25, 0.3) is 0 Å². The van der Waals surface area contributed by atoms with Gasteiger partial charge in [-0.3, -0.25) is 19.7 Å². The van der Waals surface area contributed by atoms with Crippen LogP contribution >= 0.6 is 0 Å². The van der Waals surface area contributed by atoms with Gasteiger partial charge in [-0.05, 0) is 48.9 Å². The van der Waals surface area contributed by atoms with E-state index in [9.17, 15) is 22.8 Å². The number of imide groups is 1. The van der Waals surface area contributed by atoms with Crippen LogP contribution < -0.4 is 10.6 Å². The molecular formula is C24H28N2O5S. The maximum Gasteiger partial charge on any atom is 0.239 e. The van der Waals surface area contributed by atoms with Crippen molar-refractivity contribution in [3.05, 3.63) is 65.7 Å². The van der Waals surface area contributed by atoms with E-state index in [4.69, 9.17) is 0 Å². The maximum atomic E-state index is 12.5. The molecule has 0 bridgehead atoms. The lowest BCUT2D eigenvalue weighted by Gasteiger charge is -2.35. The van der Waals surface area contributed by atoms with Crippen LogP contribution in [-0.2, 0) is 36.1 Å². The molecule has 1 fully saturated rings. The normalized spacial score (nSPS) is 18.8. The van der Waals surface area contributed by atoms with Crippen molar-refractivity contribution >= 4 is 33.2 Å². The van der Waals surface area contributed by atoms with Crippen molar-refractivity contribution in [3.8, 4) is 0 Å². The van der Waals surface area contributed by atoms with Gasteiger partial charge in [0.05, 0.1) is 11.2 Å². The lowest BCUT2D eigenvalue weighted by atomic mass is 9.72. The topological polar surface area (TPSA) is 109 Å². The van der Waals surface area contributed by atoms with Crippen LogP contribution in [0.5, 0.6) is 0 Å². The van der Waals surface area contributed by atoms with Crippen LogP contribution in [0.3, 0.4) is 0 Å². The first-order valence-electron chi connectivity index (χ1n) is 10.7. The largest absolute Gasteiger partial charge is 0.325 e. The number of carbonyl (C=O) groups is 3. The molecule has 1 aliphatic heterocycles. The molecule has 1 atom stereocenters. The van der Waals surface area contributed by atoms with Crippen molar-refractivity contribution in [2.24, 2.45) is 0 Å². The smallest absolute Gasteiger partial charge is 0.239 e. The number of sulfone groups is 1. The first-order chi connectivity index (χ1) is 15.2. The number of anilines is 1. The van der Waals surface area contributed by atoms with E-state index in [0.29, 0.717) is 31.4 Å². The second-order valence-electron chi connectivity index (χ2n) is 8.12. The number of nitrogens with one attached hydrogen (secondary N) is 2. The summed E-state index contributed by atoms with van der Waals surface area (Å²) in [4.78, 5) is 36.3. The van der Waals surface area contributed by atoms with Crippen molar-refractivity contribution < 1.29 is 22.8 Å². The van der Waals surface area contributed by atoms with E-state index in [0.717, 1.165) is 11.1 Å². The minimum absolute atomic E-state index is 0.0545. The van der Waals surface area contributed by atoms with E-state index in [1.54, 1.807) is 24.3 Å². The Morgan fingerprint density at radius 2 is 1.75 bits per heavy atom. The number of benzene rings is 2. The summed E-state index contributed by atoms with van der Waals surface area (Å²) < 4.78 is 24.6. The van der Waals surface area contributed by atoms with Gasteiger partial charge in [-0.2, -0.15) is 0 Å². The van der Waals surface area contributed by atoms with E-state index < -0.39 is 26.9 Å². The second kappa shape index (κ2) is 10.1. The fourth-order valence-corrected chi connectivity index (χ4v) is 5.25. The van der Waals surface area contributed by atoms with Crippen LogP contribution in [0.1, 0.15) is 43.7 Å². The molecule has 3 rings (SSSR count). The predicted molar refractivity (Wildman–Crippen MR) is 123 cm³/mol. The molecule has 1 unspecified atom stereocenters. The molecule has 1 heterocycles. The molecule has 1 saturated heterocycles. The van der Waals surface area contributed by atoms with Gasteiger partial charge in [-0.15, -0.1) is 0 Å². The molecule has 170 valence electrons. The van der Waals surface area contributed by atoms with E-state index in [2.05, 4.69) is 10.6 Å². The summed E-state index contributed by atoms with van der Waals surface area (Å²) >= 11 is 0. The Hall–Kier alpha value is -3.00.